The zero-order valence-corrected chi connectivity index (χ0v) is 27.8. The van der Waals surface area contributed by atoms with Crippen molar-refractivity contribution in [2.45, 2.75) is 75.8 Å². The third-order valence-electron chi connectivity index (χ3n) is 10.8. The lowest BCUT2D eigenvalue weighted by Crippen LogP contribution is -2.65. The molecule has 2 fully saturated rings. The Hall–Kier alpha value is -3.94. The van der Waals surface area contributed by atoms with Gasteiger partial charge in [0.25, 0.3) is 0 Å². The predicted octanol–water partition coefficient (Wildman–Crippen LogP) is 4.46. The van der Waals surface area contributed by atoms with E-state index in [-0.39, 0.29) is 0 Å². The molecular formula is C42H44N2O4-4. The summed E-state index contributed by atoms with van der Waals surface area (Å²) in [6.07, 6.45) is 11.9. The molecular weight excluding hydrogens is 596 g/mol. The smallest absolute Gasteiger partial charge is 0.0484 e. The monoisotopic (exact) mass is 640 g/mol. The van der Waals surface area contributed by atoms with Gasteiger partial charge in [0, 0.05) is 35.9 Å². The summed E-state index contributed by atoms with van der Waals surface area (Å²) >= 11 is 0. The molecule has 250 valence electrons. The highest BCUT2D eigenvalue weighted by Gasteiger charge is 2.39. The minimum Gasteiger partial charge on any atom is -0.851 e. The lowest BCUT2D eigenvalue weighted by atomic mass is 9.64. The molecule has 0 amide bonds. The minimum absolute atomic E-state index is 0.612. The molecule has 48 heavy (non-hydrogen) atoms. The molecule has 6 nitrogen and oxygen atoms in total. The van der Waals surface area contributed by atoms with Gasteiger partial charge in [-0.25, -0.2) is 0 Å². The molecule has 3 aromatic rings. The Morgan fingerprint density at radius 1 is 0.521 bits per heavy atom. The zero-order valence-electron chi connectivity index (χ0n) is 27.8. The van der Waals surface area contributed by atoms with Gasteiger partial charge < -0.3 is 30.2 Å². The standard InChI is InChI=1S/C42H44N2O4/c1-3-5-23-43-31(21-19-27-11-7-9-13-35(27)43)25-33-39(45)37(40(33)46)29-15-17-30(18-16-29)38-41(47)34(42(38)48)26-32-22-20-28-12-8-10-14-36(28)44(32)24-6-4-2/h7-22,25-26,33-34,37-42H,3-6,23-24H2,1-2H3/q-4. The van der Waals surface area contributed by atoms with Crippen LogP contribution < -0.4 is 30.2 Å². The van der Waals surface area contributed by atoms with Gasteiger partial charge >= 0.3 is 0 Å². The van der Waals surface area contributed by atoms with Crippen molar-refractivity contribution in [3.05, 3.63) is 131 Å². The van der Waals surface area contributed by atoms with Crippen molar-refractivity contribution in [2.24, 2.45) is 11.8 Å². The average Bonchev–Trinajstić information content (AvgIpc) is 3.12. The second kappa shape index (κ2) is 13.9. The molecule has 6 heteroatoms. The molecule has 3 aromatic carbocycles. The molecule has 7 rings (SSSR count). The van der Waals surface area contributed by atoms with Crippen molar-refractivity contribution in [2.75, 3.05) is 22.9 Å². The van der Waals surface area contributed by atoms with E-state index in [9.17, 15) is 20.4 Å². The molecule has 2 saturated carbocycles. The van der Waals surface area contributed by atoms with Crippen LogP contribution in [0, 0.1) is 11.8 Å². The first-order chi connectivity index (χ1) is 23.4. The Labute approximate surface area is 284 Å². The second-order valence-electron chi connectivity index (χ2n) is 13.7. The molecule has 4 aliphatic rings. The van der Waals surface area contributed by atoms with E-state index in [0.29, 0.717) is 11.1 Å². The number of rotatable bonds is 10. The van der Waals surface area contributed by atoms with Crippen molar-refractivity contribution in [3.63, 3.8) is 0 Å². The molecule has 4 atom stereocenters. The summed E-state index contributed by atoms with van der Waals surface area (Å²) in [6.45, 7) is 5.97. The van der Waals surface area contributed by atoms with Crippen molar-refractivity contribution < 1.29 is 20.4 Å². The van der Waals surface area contributed by atoms with E-state index in [0.717, 1.165) is 72.7 Å². The molecule has 0 aromatic heterocycles. The number of hydrogen-bond acceptors (Lipinski definition) is 6. The molecule has 0 N–H and O–H groups in total. The number of unbranched alkanes of at least 4 members (excludes halogenated alkanes) is 2. The molecule has 0 bridgehead atoms. The van der Waals surface area contributed by atoms with Crippen LogP contribution in [0.25, 0.3) is 12.2 Å². The Morgan fingerprint density at radius 2 is 0.896 bits per heavy atom. The van der Waals surface area contributed by atoms with Gasteiger partial charge in [-0.05, 0) is 83.1 Å². The number of benzene rings is 3. The Balaban J connectivity index is 1.03. The van der Waals surface area contributed by atoms with E-state index in [2.05, 4.69) is 60.1 Å². The maximum atomic E-state index is 13.5. The fourth-order valence-corrected chi connectivity index (χ4v) is 7.87. The molecule has 4 unspecified atom stereocenters. The summed E-state index contributed by atoms with van der Waals surface area (Å²) in [6, 6.07) is 23.6. The van der Waals surface area contributed by atoms with Gasteiger partial charge in [0.15, 0.2) is 0 Å². The summed E-state index contributed by atoms with van der Waals surface area (Å²) in [5, 5.41) is 53.9. The average molecular weight is 641 g/mol. The van der Waals surface area contributed by atoms with Gasteiger partial charge in [-0.15, -0.1) is 24.4 Å². The van der Waals surface area contributed by atoms with E-state index < -0.39 is 48.1 Å². The zero-order chi connectivity index (χ0) is 33.4. The fourth-order valence-electron chi connectivity index (χ4n) is 7.87. The highest BCUT2D eigenvalue weighted by atomic mass is 16.3. The summed E-state index contributed by atoms with van der Waals surface area (Å²) in [5.74, 6) is -2.52. The third-order valence-corrected chi connectivity index (χ3v) is 10.8. The number of nitrogens with zero attached hydrogens (tertiary/aromatic N) is 2. The summed E-state index contributed by atoms with van der Waals surface area (Å²) in [7, 11) is 0. The van der Waals surface area contributed by atoms with Crippen molar-refractivity contribution >= 4 is 23.5 Å². The lowest BCUT2D eigenvalue weighted by molar-refractivity contribution is -0.544. The van der Waals surface area contributed by atoms with E-state index in [1.165, 1.54) is 0 Å². The number of hydrogen-bond donors (Lipinski definition) is 0. The van der Waals surface area contributed by atoms with E-state index in [1.807, 2.05) is 48.6 Å². The highest BCUT2D eigenvalue weighted by Crippen LogP contribution is 2.45. The van der Waals surface area contributed by atoms with Gasteiger partial charge in [0.05, 0.1) is 0 Å². The first-order valence-corrected chi connectivity index (χ1v) is 17.7. The Morgan fingerprint density at radius 3 is 1.27 bits per heavy atom. The molecule has 2 heterocycles. The maximum Gasteiger partial charge on any atom is 0.0484 e. The molecule has 2 aliphatic heterocycles. The van der Waals surface area contributed by atoms with Crippen LogP contribution in [0.2, 0.25) is 0 Å². The number of fused-ring (bicyclic) bond motifs is 2. The SMILES string of the molecule is CCCCN1C(=CC2C([O-])C(c3ccc(C4C([O-])C(C=C5C=Cc6ccccc6N5CCCC)C4[O-])cc3)C2[O-])C=Cc2ccccc21. The number of anilines is 2. The van der Waals surface area contributed by atoms with Gasteiger partial charge in [-0.1, -0.05) is 112 Å². The third kappa shape index (κ3) is 5.85. The van der Waals surface area contributed by atoms with Gasteiger partial charge in [0.1, 0.15) is 0 Å². The molecule has 0 spiro atoms. The van der Waals surface area contributed by atoms with Gasteiger partial charge in [-0.2, -0.15) is 0 Å². The van der Waals surface area contributed by atoms with Crippen LogP contribution in [0.15, 0.2) is 108 Å². The quantitative estimate of drug-likeness (QED) is 0.325. The first kappa shape index (κ1) is 32.6. The second-order valence-corrected chi connectivity index (χ2v) is 13.7. The molecule has 0 saturated heterocycles. The molecule has 2 aliphatic carbocycles. The minimum atomic E-state index is -1.05. The van der Waals surface area contributed by atoms with Crippen LogP contribution in [0.1, 0.15) is 73.6 Å². The van der Waals surface area contributed by atoms with E-state index >= 15 is 0 Å². The van der Waals surface area contributed by atoms with Gasteiger partial charge in [-0.3, -0.25) is 0 Å². The highest BCUT2D eigenvalue weighted by molar-refractivity contribution is 5.77. The lowest BCUT2D eigenvalue weighted by Gasteiger charge is -2.61. The predicted molar refractivity (Wildman–Crippen MR) is 186 cm³/mol. The maximum absolute atomic E-state index is 13.5. The summed E-state index contributed by atoms with van der Waals surface area (Å²) in [5.41, 5.74) is 7.71. The normalized spacial score (nSPS) is 30.6. The van der Waals surface area contributed by atoms with Gasteiger partial charge in [0.2, 0.25) is 0 Å². The Kier molecular flexibility index (Phi) is 9.43. The first-order valence-electron chi connectivity index (χ1n) is 17.7. The van der Waals surface area contributed by atoms with Crippen LogP contribution in [0.3, 0.4) is 0 Å². The van der Waals surface area contributed by atoms with Crippen LogP contribution in [-0.2, 0) is 0 Å². The van der Waals surface area contributed by atoms with Crippen LogP contribution in [0.4, 0.5) is 11.4 Å². The van der Waals surface area contributed by atoms with E-state index in [4.69, 9.17) is 0 Å². The van der Waals surface area contributed by atoms with Crippen LogP contribution in [0.5, 0.6) is 0 Å². The van der Waals surface area contributed by atoms with E-state index in [1.54, 1.807) is 24.3 Å². The van der Waals surface area contributed by atoms with Crippen molar-refractivity contribution in [1.82, 2.24) is 0 Å². The Bertz CT molecular complexity index is 1580. The number of para-hydroxylation sites is 2. The van der Waals surface area contributed by atoms with Crippen molar-refractivity contribution in [3.8, 4) is 0 Å². The van der Waals surface area contributed by atoms with Crippen molar-refractivity contribution in [1.29, 1.82) is 0 Å². The number of allylic oxidation sites excluding steroid dienone is 2. The largest absolute Gasteiger partial charge is 0.851 e. The summed E-state index contributed by atoms with van der Waals surface area (Å²) in [4.78, 5) is 4.46. The topological polar surface area (TPSA) is 98.7 Å². The van der Waals surface area contributed by atoms with Crippen LogP contribution in [-0.4, -0.2) is 37.5 Å². The van der Waals surface area contributed by atoms with Crippen LogP contribution >= 0.6 is 0 Å². The fraction of sp³-hybridized carbons (Fsp3) is 0.381. The summed E-state index contributed by atoms with van der Waals surface area (Å²) < 4.78 is 0. The molecule has 0 radical (unpaired) electrons.